The number of nitro groups is 1. The summed E-state index contributed by atoms with van der Waals surface area (Å²) in [5.74, 6) is -1.35. The zero-order valence-electron chi connectivity index (χ0n) is 21.0. The number of hydrogen-bond acceptors (Lipinski definition) is 10. The standard InChI is InChI=1S/C27H22N6O6/c1-17(27(36)39-14-13-32-25(34)22-5-3-4-6-23(22)26(32)35)31(2)20-9-7-19(8-10-20)29-30-24-12-11-21(33(37)38)15-18(24)16-28/h3-12,15,17H,13-14H2,1-2H3. The van der Waals surface area contributed by atoms with Gasteiger partial charge in [0, 0.05) is 24.9 Å². The maximum atomic E-state index is 12.6. The molecule has 0 fully saturated rings. The number of nitro benzene ring substituents is 1. The number of rotatable bonds is 9. The number of carbonyl (C=O) groups excluding carboxylic acids is 3. The van der Waals surface area contributed by atoms with E-state index >= 15 is 0 Å². The number of carbonyl (C=O) groups is 3. The molecule has 0 saturated carbocycles. The fourth-order valence-corrected chi connectivity index (χ4v) is 3.86. The zero-order valence-corrected chi connectivity index (χ0v) is 21.0. The van der Waals surface area contributed by atoms with Crippen LogP contribution in [0.3, 0.4) is 0 Å². The first-order chi connectivity index (χ1) is 18.7. The smallest absolute Gasteiger partial charge is 0.328 e. The van der Waals surface area contributed by atoms with Crippen molar-refractivity contribution < 1.29 is 24.0 Å². The average molecular weight is 527 g/mol. The molecule has 0 spiro atoms. The van der Waals surface area contributed by atoms with Crippen LogP contribution < -0.4 is 4.90 Å². The molecule has 1 unspecified atom stereocenters. The van der Waals surface area contributed by atoms with Gasteiger partial charge in [0.25, 0.3) is 17.5 Å². The van der Waals surface area contributed by atoms with Crippen molar-refractivity contribution in [1.29, 1.82) is 5.26 Å². The molecule has 39 heavy (non-hydrogen) atoms. The molecule has 12 nitrogen and oxygen atoms in total. The van der Waals surface area contributed by atoms with E-state index in [4.69, 9.17) is 4.74 Å². The lowest BCUT2D eigenvalue weighted by Crippen LogP contribution is -2.39. The van der Waals surface area contributed by atoms with Crippen LogP contribution in [0.5, 0.6) is 0 Å². The van der Waals surface area contributed by atoms with E-state index in [-0.39, 0.29) is 30.1 Å². The van der Waals surface area contributed by atoms with Crippen LogP contribution in [0.2, 0.25) is 0 Å². The van der Waals surface area contributed by atoms with Gasteiger partial charge in [0.2, 0.25) is 0 Å². The highest BCUT2D eigenvalue weighted by Gasteiger charge is 2.35. The number of imide groups is 1. The fraction of sp³-hybridized carbons (Fsp3) is 0.185. The molecule has 1 atom stereocenters. The van der Waals surface area contributed by atoms with Crippen molar-refractivity contribution in [3.8, 4) is 6.07 Å². The van der Waals surface area contributed by atoms with Crippen LogP contribution in [0.25, 0.3) is 0 Å². The zero-order chi connectivity index (χ0) is 28.1. The number of azo groups is 1. The first-order valence-corrected chi connectivity index (χ1v) is 11.8. The van der Waals surface area contributed by atoms with Crippen LogP contribution in [0.1, 0.15) is 33.2 Å². The molecular formula is C27H22N6O6. The molecule has 0 aromatic heterocycles. The summed E-state index contributed by atoms with van der Waals surface area (Å²) in [5.41, 5.74) is 1.83. The second-order valence-corrected chi connectivity index (χ2v) is 8.55. The Bertz CT molecular complexity index is 1490. The third-order valence-electron chi connectivity index (χ3n) is 6.20. The Balaban J connectivity index is 1.32. The second kappa shape index (κ2) is 11.3. The number of nitriles is 1. The van der Waals surface area contributed by atoms with E-state index in [1.54, 1.807) is 67.4 Å². The van der Waals surface area contributed by atoms with Crippen molar-refractivity contribution >= 4 is 40.5 Å². The largest absolute Gasteiger partial charge is 0.462 e. The van der Waals surface area contributed by atoms with Crippen LogP contribution in [0.15, 0.2) is 77.0 Å². The second-order valence-electron chi connectivity index (χ2n) is 8.55. The molecule has 0 radical (unpaired) electrons. The van der Waals surface area contributed by atoms with E-state index in [2.05, 4.69) is 10.2 Å². The Kier molecular flexibility index (Phi) is 7.72. The van der Waals surface area contributed by atoms with Gasteiger partial charge < -0.3 is 9.64 Å². The summed E-state index contributed by atoms with van der Waals surface area (Å²) < 4.78 is 5.33. The van der Waals surface area contributed by atoms with Gasteiger partial charge in [-0.3, -0.25) is 24.6 Å². The highest BCUT2D eigenvalue weighted by atomic mass is 16.6. The minimum Gasteiger partial charge on any atom is -0.462 e. The molecule has 1 aliphatic rings. The molecule has 3 aromatic rings. The first-order valence-electron chi connectivity index (χ1n) is 11.8. The number of amides is 2. The molecule has 1 heterocycles. The van der Waals surface area contributed by atoms with Crippen LogP contribution in [-0.2, 0) is 9.53 Å². The number of benzene rings is 3. The van der Waals surface area contributed by atoms with Crippen molar-refractivity contribution in [2.24, 2.45) is 10.2 Å². The molecule has 12 heteroatoms. The monoisotopic (exact) mass is 526 g/mol. The average Bonchev–Trinajstić information content (AvgIpc) is 3.20. The quantitative estimate of drug-likeness (QED) is 0.129. The maximum Gasteiger partial charge on any atom is 0.328 e. The van der Waals surface area contributed by atoms with Gasteiger partial charge in [-0.15, -0.1) is 5.11 Å². The van der Waals surface area contributed by atoms with E-state index in [1.165, 1.54) is 12.1 Å². The Morgan fingerprint density at radius 2 is 1.72 bits per heavy atom. The lowest BCUT2D eigenvalue weighted by molar-refractivity contribution is -0.384. The van der Waals surface area contributed by atoms with Crippen LogP contribution in [-0.4, -0.2) is 53.8 Å². The molecule has 196 valence electrons. The van der Waals surface area contributed by atoms with E-state index in [0.29, 0.717) is 22.5 Å². The van der Waals surface area contributed by atoms with E-state index in [1.807, 2.05) is 6.07 Å². The van der Waals surface area contributed by atoms with Crippen molar-refractivity contribution in [3.63, 3.8) is 0 Å². The first kappa shape index (κ1) is 26.6. The number of anilines is 1. The van der Waals surface area contributed by atoms with E-state index < -0.39 is 28.7 Å². The molecule has 3 aromatic carbocycles. The van der Waals surface area contributed by atoms with E-state index in [9.17, 15) is 29.8 Å². The molecule has 2 amide bonds. The Morgan fingerprint density at radius 1 is 1.08 bits per heavy atom. The van der Waals surface area contributed by atoms with Crippen molar-refractivity contribution in [2.45, 2.75) is 13.0 Å². The predicted molar refractivity (Wildman–Crippen MR) is 139 cm³/mol. The van der Waals surface area contributed by atoms with Gasteiger partial charge in [-0.2, -0.15) is 10.4 Å². The number of nitrogens with zero attached hydrogens (tertiary/aromatic N) is 6. The third-order valence-corrected chi connectivity index (χ3v) is 6.20. The molecule has 0 saturated heterocycles. The van der Waals surface area contributed by atoms with Crippen molar-refractivity contribution in [2.75, 3.05) is 25.1 Å². The molecular weight excluding hydrogens is 504 g/mol. The highest BCUT2D eigenvalue weighted by Crippen LogP contribution is 2.27. The van der Waals surface area contributed by atoms with Gasteiger partial charge in [0.05, 0.1) is 33.8 Å². The number of likely N-dealkylation sites (N-methyl/N-ethyl adjacent to an activating group) is 1. The summed E-state index contributed by atoms with van der Waals surface area (Å²) in [6.45, 7) is 1.49. The van der Waals surface area contributed by atoms with Crippen LogP contribution in [0.4, 0.5) is 22.7 Å². The van der Waals surface area contributed by atoms with Gasteiger partial charge in [0.15, 0.2) is 0 Å². The summed E-state index contributed by atoms with van der Waals surface area (Å²) in [6, 6.07) is 18.2. The van der Waals surface area contributed by atoms with Crippen molar-refractivity contribution in [3.05, 3.63) is 93.5 Å². The molecule has 0 aliphatic carbocycles. The number of hydrogen-bond donors (Lipinski definition) is 0. The summed E-state index contributed by atoms with van der Waals surface area (Å²) in [4.78, 5) is 50.5. The Labute approximate surface area is 222 Å². The van der Waals surface area contributed by atoms with Gasteiger partial charge in [-0.05, 0) is 49.4 Å². The van der Waals surface area contributed by atoms with Crippen molar-refractivity contribution in [1.82, 2.24) is 4.90 Å². The van der Waals surface area contributed by atoms with Gasteiger partial charge in [-0.25, -0.2) is 4.79 Å². The van der Waals surface area contributed by atoms with Crippen LogP contribution in [0, 0.1) is 21.4 Å². The predicted octanol–water partition coefficient (Wildman–Crippen LogP) is 4.55. The molecule has 4 rings (SSSR count). The third kappa shape index (κ3) is 5.62. The topological polar surface area (TPSA) is 159 Å². The van der Waals surface area contributed by atoms with Gasteiger partial charge in [-0.1, -0.05) is 12.1 Å². The Hall–Kier alpha value is -5.44. The number of ether oxygens (including phenoxy) is 1. The Morgan fingerprint density at radius 3 is 2.31 bits per heavy atom. The lowest BCUT2D eigenvalue weighted by atomic mass is 10.1. The lowest BCUT2D eigenvalue weighted by Gasteiger charge is -2.25. The minimum atomic E-state index is -0.669. The molecule has 1 aliphatic heterocycles. The summed E-state index contributed by atoms with van der Waals surface area (Å²) >= 11 is 0. The van der Waals surface area contributed by atoms with Gasteiger partial charge in [0.1, 0.15) is 24.4 Å². The molecule has 0 N–H and O–H groups in total. The maximum absolute atomic E-state index is 12.6. The minimum absolute atomic E-state index is 0.0274. The highest BCUT2D eigenvalue weighted by molar-refractivity contribution is 6.21. The summed E-state index contributed by atoms with van der Waals surface area (Å²) in [6.07, 6.45) is 0. The SMILES string of the molecule is CC(C(=O)OCCN1C(=O)c2ccccc2C1=O)N(C)c1ccc(N=Nc2ccc([N+](=O)[O-])cc2C#N)cc1. The van der Waals surface area contributed by atoms with Gasteiger partial charge >= 0.3 is 5.97 Å². The number of esters is 1. The molecule has 0 bridgehead atoms. The summed E-state index contributed by atoms with van der Waals surface area (Å²) in [5, 5.41) is 28.2. The summed E-state index contributed by atoms with van der Waals surface area (Å²) in [7, 11) is 1.71. The normalized spacial score (nSPS) is 13.2. The number of fused-ring (bicyclic) bond motifs is 1. The number of non-ortho nitro benzene ring substituents is 1. The van der Waals surface area contributed by atoms with Crippen LogP contribution >= 0.6 is 0 Å². The fourth-order valence-electron chi connectivity index (χ4n) is 3.86. The van der Waals surface area contributed by atoms with E-state index in [0.717, 1.165) is 11.0 Å².